The summed E-state index contributed by atoms with van der Waals surface area (Å²) in [6.45, 7) is 4.61. The van der Waals surface area contributed by atoms with Gasteiger partial charge in [0.25, 0.3) is 0 Å². The van der Waals surface area contributed by atoms with Crippen molar-refractivity contribution in [2.45, 2.75) is 45.3 Å². The van der Waals surface area contributed by atoms with Gasteiger partial charge in [0.2, 0.25) is 5.95 Å². The van der Waals surface area contributed by atoms with Gasteiger partial charge in [0, 0.05) is 6.04 Å². The molecule has 3 N–H and O–H groups in total. The van der Waals surface area contributed by atoms with Gasteiger partial charge in [0.1, 0.15) is 17.4 Å². The molecule has 172 valence electrons. The number of thiazole rings is 1. The molecular weight excluding hydrogens is 437 g/mol. The summed E-state index contributed by atoms with van der Waals surface area (Å²) in [5.41, 5.74) is 2.22. The van der Waals surface area contributed by atoms with Crippen LogP contribution in [0.5, 0.6) is 0 Å². The quantitative estimate of drug-likeness (QED) is 0.424. The summed E-state index contributed by atoms with van der Waals surface area (Å²) in [4.78, 5) is 13.5. The van der Waals surface area contributed by atoms with Crippen molar-refractivity contribution in [3.63, 3.8) is 0 Å². The standard InChI is InChI=1S/C22H27F3N6S/c1-3-26-11-14-8-9-15(10-14)29-19-18(20-30-16-6-4-5-7-17(16)32-20)13(2)28-21(31-19)27-12-22(23,24)25/h4-7,14-15,26H,3,8-12H2,1-2H3,(H2,27,28,29,31)/t14-,15+/m1/s1. The Bertz CT molecular complexity index is 1030. The third kappa shape index (κ3) is 5.47. The summed E-state index contributed by atoms with van der Waals surface area (Å²) < 4.78 is 39.2. The molecule has 0 spiro atoms. The van der Waals surface area contributed by atoms with Gasteiger partial charge in [-0.05, 0) is 57.3 Å². The van der Waals surface area contributed by atoms with Gasteiger partial charge in [-0.2, -0.15) is 18.2 Å². The topological polar surface area (TPSA) is 74.8 Å². The second kappa shape index (κ2) is 9.58. The molecule has 0 radical (unpaired) electrons. The van der Waals surface area contributed by atoms with Gasteiger partial charge in [-0.3, -0.25) is 0 Å². The van der Waals surface area contributed by atoms with E-state index in [-0.39, 0.29) is 12.0 Å². The van der Waals surface area contributed by atoms with E-state index in [4.69, 9.17) is 4.98 Å². The number of aryl methyl sites for hydroxylation is 1. The number of para-hydroxylation sites is 1. The number of hydrogen-bond donors (Lipinski definition) is 3. The van der Waals surface area contributed by atoms with E-state index in [9.17, 15) is 13.2 Å². The highest BCUT2D eigenvalue weighted by Gasteiger charge is 2.29. The first kappa shape index (κ1) is 22.7. The maximum Gasteiger partial charge on any atom is 0.405 e. The Labute approximate surface area is 189 Å². The van der Waals surface area contributed by atoms with Gasteiger partial charge in [-0.25, -0.2) is 9.97 Å². The first-order valence-electron chi connectivity index (χ1n) is 10.8. The Morgan fingerprint density at radius 3 is 2.69 bits per heavy atom. The Morgan fingerprint density at radius 2 is 1.94 bits per heavy atom. The van der Waals surface area contributed by atoms with Crippen molar-refractivity contribution in [2.75, 3.05) is 30.3 Å². The summed E-state index contributed by atoms with van der Waals surface area (Å²) in [6, 6.07) is 8.04. The van der Waals surface area contributed by atoms with Crippen LogP contribution in [-0.4, -0.2) is 46.8 Å². The molecule has 0 bridgehead atoms. The molecule has 2 heterocycles. The number of benzene rings is 1. The number of fused-ring (bicyclic) bond motifs is 1. The molecule has 0 aliphatic heterocycles. The van der Waals surface area contributed by atoms with E-state index in [2.05, 4.69) is 32.8 Å². The first-order valence-corrected chi connectivity index (χ1v) is 11.7. The van der Waals surface area contributed by atoms with Crippen LogP contribution in [0.1, 0.15) is 31.9 Å². The van der Waals surface area contributed by atoms with Crippen LogP contribution in [0.3, 0.4) is 0 Å². The number of halogens is 3. The number of nitrogens with zero attached hydrogens (tertiary/aromatic N) is 3. The molecule has 0 unspecified atom stereocenters. The van der Waals surface area contributed by atoms with Crippen molar-refractivity contribution in [3.8, 4) is 10.6 Å². The zero-order chi connectivity index (χ0) is 22.7. The van der Waals surface area contributed by atoms with Crippen molar-refractivity contribution in [2.24, 2.45) is 5.92 Å². The zero-order valence-electron chi connectivity index (χ0n) is 18.1. The molecule has 1 aliphatic rings. The molecule has 1 aliphatic carbocycles. The lowest BCUT2D eigenvalue weighted by atomic mass is 10.1. The molecule has 0 saturated heterocycles. The zero-order valence-corrected chi connectivity index (χ0v) is 18.9. The van der Waals surface area contributed by atoms with Crippen LogP contribution in [0.4, 0.5) is 24.9 Å². The highest BCUT2D eigenvalue weighted by Crippen LogP contribution is 2.38. The van der Waals surface area contributed by atoms with Gasteiger partial charge >= 0.3 is 6.18 Å². The summed E-state index contributed by atoms with van der Waals surface area (Å²) in [5, 5.41) is 9.98. The van der Waals surface area contributed by atoms with E-state index in [1.54, 1.807) is 6.92 Å². The van der Waals surface area contributed by atoms with Gasteiger partial charge in [-0.15, -0.1) is 11.3 Å². The lowest BCUT2D eigenvalue weighted by Crippen LogP contribution is -2.24. The second-order valence-corrected chi connectivity index (χ2v) is 9.17. The van der Waals surface area contributed by atoms with Crippen LogP contribution >= 0.6 is 11.3 Å². The fourth-order valence-electron chi connectivity index (χ4n) is 4.10. The molecular formula is C22H27F3N6S. The molecule has 0 amide bonds. The number of nitrogens with one attached hydrogen (secondary N) is 3. The van der Waals surface area contributed by atoms with Crippen LogP contribution in [0.2, 0.25) is 0 Å². The van der Waals surface area contributed by atoms with Crippen LogP contribution in [0.25, 0.3) is 20.8 Å². The minimum absolute atomic E-state index is 0.0330. The summed E-state index contributed by atoms with van der Waals surface area (Å²) >= 11 is 1.53. The third-order valence-electron chi connectivity index (χ3n) is 5.61. The number of alkyl halides is 3. The number of anilines is 2. The highest BCUT2D eigenvalue weighted by molar-refractivity contribution is 7.21. The van der Waals surface area contributed by atoms with Gasteiger partial charge < -0.3 is 16.0 Å². The molecule has 1 saturated carbocycles. The highest BCUT2D eigenvalue weighted by atomic mass is 32.1. The van der Waals surface area contributed by atoms with Gasteiger partial charge in [0.05, 0.1) is 21.5 Å². The minimum atomic E-state index is -4.35. The lowest BCUT2D eigenvalue weighted by molar-refractivity contribution is -0.115. The Hall–Kier alpha value is -2.46. The van der Waals surface area contributed by atoms with E-state index in [1.165, 1.54) is 11.3 Å². The smallest absolute Gasteiger partial charge is 0.367 e. The van der Waals surface area contributed by atoms with E-state index >= 15 is 0 Å². The second-order valence-electron chi connectivity index (χ2n) is 8.14. The summed E-state index contributed by atoms with van der Waals surface area (Å²) in [5.74, 6) is 1.08. The van der Waals surface area contributed by atoms with Crippen LogP contribution in [-0.2, 0) is 0 Å². The maximum atomic E-state index is 12.7. The number of hydrogen-bond acceptors (Lipinski definition) is 7. The van der Waals surface area contributed by atoms with Crippen LogP contribution < -0.4 is 16.0 Å². The van der Waals surface area contributed by atoms with Crippen molar-refractivity contribution < 1.29 is 13.2 Å². The average molecular weight is 465 g/mol. The van der Waals surface area contributed by atoms with Crippen LogP contribution in [0, 0.1) is 12.8 Å². The monoisotopic (exact) mass is 464 g/mol. The predicted octanol–water partition coefficient (Wildman–Crippen LogP) is 5.23. The fourth-order valence-corrected chi connectivity index (χ4v) is 5.17. The third-order valence-corrected chi connectivity index (χ3v) is 6.66. The molecule has 6 nitrogen and oxygen atoms in total. The molecule has 32 heavy (non-hydrogen) atoms. The molecule has 2 atom stereocenters. The molecule has 3 aromatic rings. The fraction of sp³-hybridized carbons (Fsp3) is 0.500. The Balaban J connectivity index is 1.65. The van der Waals surface area contributed by atoms with E-state index in [1.807, 2.05) is 24.3 Å². The normalized spacial score (nSPS) is 18.9. The lowest BCUT2D eigenvalue weighted by Gasteiger charge is -2.19. The molecule has 1 aromatic carbocycles. The van der Waals surface area contributed by atoms with Crippen LogP contribution in [0.15, 0.2) is 24.3 Å². The average Bonchev–Trinajstić information content (AvgIpc) is 3.36. The van der Waals surface area contributed by atoms with E-state index in [0.29, 0.717) is 17.4 Å². The first-order chi connectivity index (χ1) is 15.3. The number of aromatic nitrogens is 3. The van der Waals surface area contributed by atoms with Gasteiger partial charge in [-0.1, -0.05) is 19.1 Å². The summed E-state index contributed by atoms with van der Waals surface area (Å²) in [6.07, 6.45) is -1.27. The largest absolute Gasteiger partial charge is 0.405 e. The summed E-state index contributed by atoms with van der Waals surface area (Å²) in [7, 11) is 0. The van der Waals surface area contributed by atoms with E-state index in [0.717, 1.165) is 53.1 Å². The predicted molar refractivity (Wildman–Crippen MR) is 123 cm³/mol. The van der Waals surface area contributed by atoms with Crippen molar-refractivity contribution >= 4 is 33.3 Å². The SMILES string of the molecule is CCNC[C@@H]1CC[C@H](Nc2nc(NCC(F)(F)F)nc(C)c2-c2nc3ccccc3s2)C1. The maximum absolute atomic E-state index is 12.7. The van der Waals surface area contributed by atoms with E-state index < -0.39 is 12.7 Å². The molecule has 2 aromatic heterocycles. The van der Waals surface area contributed by atoms with Gasteiger partial charge in [0.15, 0.2) is 0 Å². The Morgan fingerprint density at radius 1 is 1.12 bits per heavy atom. The molecule has 4 rings (SSSR count). The minimum Gasteiger partial charge on any atom is -0.367 e. The van der Waals surface area contributed by atoms with Crippen molar-refractivity contribution in [3.05, 3.63) is 30.0 Å². The van der Waals surface area contributed by atoms with Crippen molar-refractivity contribution in [1.29, 1.82) is 0 Å². The molecule has 10 heteroatoms. The van der Waals surface area contributed by atoms with Crippen molar-refractivity contribution in [1.82, 2.24) is 20.3 Å². The Kier molecular flexibility index (Phi) is 6.80. The number of rotatable bonds is 8. The molecule has 1 fully saturated rings.